The Labute approximate surface area is 79.7 Å². The first kappa shape index (κ1) is 10.7. The van der Waals surface area contributed by atoms with Crippen LogP contribution in [0, 0.1) is 5.92 Å². The summed E-state index contributed by atoms with van der Waals surface area (Å²) in [5, 5.41) is 9.68. The average molecular weight is 185 g/mol. The van der Waals surface area contributed by atoms with E-state index in [-0.39, 0.29) is 11.7 Å². The molecule has 76 valence electrons. The van der Waals surface area contributed by atoms with E-state index in [1.165, 1.54) is 0 Å². The number of aliphatic hydroxyl groups is 1. The van der Waals surface area contributed by atoms with Crippen molar-refractivity contribution in [2.24, 2.45) is 5.92 Å². The first-order valence-electron chi connectivity index (χ1n) is 5.04. The lowest BCUT2D eigenvalue weighted by atomic mass is 9.90. The van der Waals surface area contributed by atoms with Crippen molar-refractivity contribution in [3.63, 3.8) is 0 Å². The van der Waals surface area contributed by atoms with Crippen molar-refractivity contribution in [1.29, 1.82) is 0 Å². The molecule has 0 aromatic rings. The van der Waals surface area contributed by atoms with Crippen LogP contribution in [-0.4, -0.2) is 42.0 Å². The van der Waals surface area contributed by atoms with Crippen molar-refractivity contribution < 1.29 is 9.90 Å². The molecule has 0 aliphatic carbocycles. The van der Waals surface area contributed by atoms with Crippen molar-refractivity contribution in [3.8, 4) is 0 Å². The van der Waals surface area contributed by atoms with Crippen molar-refractivity contribution in [3.05, 3.63) is 0 Å². The van der Waals surface area contributed by atoms with Crippen molar-refractivity contribution in [2.75, 3.05) is 20.1 Å². The topological polar surface area (TPSA) is 40.5 Å². The molecular formula is C10H19NO2. The number of rotatable bonds is 3. The SMILES string of the molecule is CCC(=O)C(O)C1CCCN(C)C1. The van der Waals surface area contributed by atoms with Crippen LogP contribution in [0.4, 0.5) is 0 Å². The fourth-order valence-corrected chi connectivity index (χ4v) is 1.94. The summed E-state index contributed by atoms with van der Waals surface area (Å²) in [6.07, 6.45) is 1.79. The molecule has 2 atom stereocenters. The Bertz CT molecular complexity index is 182. The molecule has 3 heteroatoms. The van der Waals surface area contributed by atoms with Crippen LogP contribution in [0.3, 0.4) is 0 Å². The Hall–Kier alpha value is -0.410. The summed E-state index contributed by atoms with van der Waals surface area (Å²) >= 11 is 0. The zero-order valence-corrected chi connectivity index (χ0v) is 8.49. The standard InChI is InChI=1S/C10H19NO2/c1-3-9(12)10(13)8-5-4-6-11(2)7-8/h8,10,13H,3-7H2,1-2H3. The van der Waals surface area contributed by atoms with Crippen molar-refractivity contribution in [2.45, 2.75) is 32.3 Å². The van der Waals surface area contributed by atoms with Crippen LogP contribution in [0.5, 0.6) is 0 Å². The smallest absolute Gasteiger partial charge is 0.161 e. The van der Waals surface area contributed by atoms with Crippen LogP contribution in [0.15, 0.2) is 0 Å². The second-order valence-corrected chi connectivity index (χ2v) is 3.93. The summed E-state index contributed by atoms with van der Waals surface area (Å²) in [5.41, 5.74) is 0. The van der Waals surface area contributed by atoms with E-state index < -0.39 is 6.10 Å². The van der Waals surface area contributed by atoms with E-state index in [0.29, 0.717) is 6.42 Å². The Kier molecular flexibility index (Phi) is 3.88. The van der Waals surface area contributed by atoms with Gasteiger partial charge in [-0.25, -0.2) is 0 Å². The van der Waals surface area contributed by atoms with Gasteiger partial charge in [0.05, 0.1) is 0 Å². The van der Waals surface area contributed by atoms with Crippen LogP contribution in [0.25, 0.3) is 0 Å². The molecule has 3 nitrogen and oxygen atoms in total. The second kappa shape index (κ2) is 4.72. The molecule has 1 rings (SSSR count). The predicted octanol–water partition coefficient (Wildman–Crippen LogP) is 0.668. The molecule has 0 aromatic heterocycles. The summed E-state index contributed by atoms with van der Waals surface area (Å²) in [7, 11) is 2.04. The van der Waals surface area contributed by atoms with Crippen molar-refractivity contribution in [1.82, 2.24) is 4.90 Å². The number of aliphatic hydroxyl groups excluding tert-OH is 1. The van der Waals surface area contributed by atoms with Gasteiger partial charge >= 0.3 is 0 Å². The minimum atomic E-state index is -0.729. The summed E-state index contributed by atoms with van der Waals surface area (Å²) in [5.74, 6) is 0.145. The molecule has 13 heavy (non-hydrogen) atoms. The van der Waals surface area contributed by atoms with E-state index in [2.05, 4.69) is 4.90 Å². The highest BCUT2D eigenvalue weighted by Crippen LogP contribution is 2.19. The largest absolute Gasteiger partial charge is 0.385 e. The molecule has 0 bridgehead atoms. The summed E-state index contributed by atoms with van der Waals surface area (Å²) in [6.45, 7) is 3.74. The number of likely N-dealkylation sites (tertiary alicyclic amines) is 1. The van der Waals surface area contributed by atoms with E-state index in [0.717, 1.165) is 25.9 Å². The molecule has 0 saturated carbocycles. The average Bonchev–Trinajstić information content (AvgIpc) is 2.15. The highest BCUT2D eigenvalue weighted by Gasteiger charge is 2.27. The van der Waals surface area contributed by atoms with Gasteiger partial charge in [-0.05, 0) is 26.4 Å². The van der Waals surface area contributed by atoms with E-state index >= 15 is 0 Å². The van der Waals surface area contributed by atoms with Gasteiger partial charge in [0, 0.05) is 18.9 Å². The first-order valence-corrected chi connectivity index (χ1v) is 5.04. The number of ketones is 1. The Morgan fingerprint density at radius 1 is 1.69 bits per heavy atom. The summed E-state index contributed by atoms with van der Waals surface area (Å²) in [6, 6.07) is 0. The third-order valence-electron chi connectivity index (χ3n) is 2.79. The Morgan fingerprint density at radius 2 is 2.38 bits per heavy atom. The molecule has 0 amide bonds. The normalized spacial score (nSPS) is 27.2. The fraction of sp³-hybridized carbons (Fsp3) is 0.900. The third-order valence-corrected chi connectivity index (χ3v) is 2.79. The van der Waals surface area contributed by atoms with Gasteiger partial charge in [-0.3, -0.25) is 4.79 Å². The van der Waals surface area contributed by atoms with Crippen LogP contribution in [0.1, 0.15) is 26.2 Å². The molecule has 1 aliphatic rings. The van der Waals surface area contributed by atoms with Gasteiger partial charge in [-0.1, -0.05) is 6.92 Å². The lowest BCUT2D eigenvalue weighted by molar-refractivity contribution is -0.130. The Balaban J connectivity index is 2.45. The van der Waals surface area contributed by atoms with Crippen molar-refractivity contribution >= 4 is 5.78 Å². The lowest BCUT2D eigenvalue weighted by Crippen LogP contribution is -2.41. The van der Waals surface area contributed by atoms with Crippen LogP contribution >= 0.6 is 0 Å². The molecule has 1 aliphatic heterocycles. The molecule has 0 radical (unpaired) electrons. The van der Waals surface area contributed by atoms with Gasteiger partial charge in [0.2, 0.25) is 0 Å². The summed E-state index contributed by atoms with van der Waals surface area (Å²) < 4.78 is 0. The monoisotopic (exact) mass is 185 g/mol. The maximum atomic E-state index is 11.2. The molecule has 1 heterocycles. The maximum absolute atomic E-state index is 11.2. The minimum absolute atomic E-state index is 0.0136. The zero-order chi connectivity index (χ0) is 9.84. The number of piperidine rings is 1. The number of hydrogen-bond donors (Lipinski definition) is 1. The quantitative estimate of drug-likeness (QED) is 0.702. The predicted molar refractivity (Wildman–Crippen MR) is 51.5 cm³/mol. The number of carbonyl (C=O) groups is 1. The molecule has 0 spiro atoms. The lowest BCUT2D eigenvalue weighted by Gasteiger charge is -2.31. The molecule has 1 saturated heterocycles. The van der Waals surface area contributed by atoms with Gasteiger partial charge < -0.3 is 10.0 Å². The first-order chi connectivity index (χ1) is 6.15. The molecular weight excluding hydrogens is 166 g/mol. The van der Waals surface area contributed by atoms with Gasteiger partial charge in [0.1, 0.15) is 6.10 Å². The van der Waals surface area contributed by atoms with E-state index in [1.54, 1.807) is 6.92 Å². The Morgan fingerprint density at radius 3 is 2.92 bits per heavy atom. The zero-order valence-electron chi connectivity index (χ0n) is 8.49. The van der Waals surface area contributed by atoms with E-state index in [4.69, 9.17) is 0 Å². The highest BCUT2D eigenvalue weighted by atomic mass is 16.3. The van der Waals surface area contributed by atoms with E-state index in [1.807, 2.05) is 7.05 Å². The van der Waals surface area contributed by atoms with Crippen LogP contribution in [0.2, 0.25) is 0 Å². The number of Topliss-reactive ketones (excluding diaryl/α,β-unsaturated/α-hetero) is 1. The number of nitrogens with zero attached hydrogens (tertiary/aromatic N) is 1. The maximum Gasteiger partial charge on any atom is 0.161 e. The number of carbonyl (C=O) groups excluding carboxylic acids is 1. The highest BCUT2D eigenvalue weighted by molar-refractivity contribution is 5.82. The molecule has 0 aromatic carbocycles. The van der Waals surface area contributed by atoms with Crippen LogP contribution < -0.4 is 0 Å². The summed E-state index contributed by atoms with van der Waals surface area (Å²) in [4.78, 5) is 13.4. The fourth-order valence-electron chi connectivity index (χ4n) is 1.94. The third kappa shape index (κ3) is 2.78. The van der Waals surface area contributed by atoms with E-state index in [9.17, 15) is 9.90 Å². The molecule has 1 N–H and O–H groups in total. The molecule has 1 fully saturated rings. The van der Waals surface area contributed by atoms with Gasteiger partial charge in [-0.2, -0.15) is 0 Å². The van der Waals surface area contributed by atoms with Gasteiger partial charge in [-0.15, -0.1) is 0 Å². The second-order valence-electron chi connectivity index (χ2n) is 3.93. The van der Waals surface area contributed by atoms with Gasteiger partial charge in [0.15, 0.2) is 5.78 Å². The number of hydrogen-bond acceptors (Lipinski definition) is 3. The molecule has 2 unspecified atom stereocenters. The van der Waals surface area contributed by atoms with Crippen LogP contribution in [-0.2, 0) is 4.79 Å². The minimum Gasteiger partial charge on any atom is -0.385 e. The van der Waals surface area contributed by atoms with Gasteiger partial charge in [0.25, 0.3) is 0 Å².